The lowest BCUT2D eigenvalue weighted by atomic mass is 9.78. The van der Waals surface area contributed by atoms with Crippen molar-refractivity contribution in [2.75, 3.05) is 0 Å². The smallest absolute Gasteiger partial charge is 0.0801 e. The lowest BCUT2D eigenvalue weighted by molar-refractivity contribution is 0.568. The van der Waals surface area contributed by atoms with Gasteiger partial charge in [0.1, 0.15) is 0 Å². The molecule has 0 aliphatic carbocycles. The molecule has 0 atom stereocenters. The summed E-state index contributed by atoms with van der Waals surface area (Å²) in [5.41, 5.74) is 17.2. The molecule has 0 saturated heterocycles. The number of nitrogens with one attached hydrogen (secondary N) is 2. The highest BCUT2D eigenvalue weighted by Gasteiger charge is 2.25. The number of fused-ring (bicyclic) bond motifs is 8. The number of hydrogen-bond acceptors (Lipinski definition) is 2. The summed E-state index contributed by atoms with van der Waals surface area (Å²) in [5, 5.41) is 0. The topological polar surface area (TPSA) is 57.4 Å². The summed E-state index contributed by atoms with van der Waals surface area (Å²) in [6.45, 7) is 27.4. The third kappa shape index (κ3) is 7.38. The number of rotatable bonds is 2. The van der Waals surface area contributed by atoms with E-state index in [-0.39, 0.29) is 21.7 Å². The van der Waals surface area contributed by atoms with Crippen molar-refractivity contribution in [3.63, 3.8) is 0 Å². The average molecular weight is 766 g/mol. The Hall–Kier alpha value is -4.48. The van der Waals surface area contributed by atoms with E-state index in [4.69, 9.17) is 9.97 Å². The van der Waals surface area contributed by atoms with E-state index in [1.807, 2.05) is 0 Å². The molecule has 7 rings (SSSR count). The molecule has 2 aliphatic rings. The molecule has 53 heavy (non-hydrogen) atoms. The van der Waals surface area contributed by atoms with Crippen LogP contribution in [0.3, 0.4) is 0 Å². The Balaban J connectivity index is 1.57. The van der Waals surface area contributed by atoms with Gasteiger partial charge in [0.15, 0.2) is 0 Å². The molecule has 0 spiro atoms. The van der Waals surface area contributed by atoms with Gasteiger partial charge in [-0.05, 0) is 126 Å². The number of aromatic nitrogens is 4. The lowest BCUT2D eigenvalue weighted by Gasteiger charge is -2.26. The van der Waals surface area contributed by atoms with E-state index in [1.165, 1.54) is 22.3 Å². The van der Waals surface area contributed by atoms with Crippen molar-refractivity contribution in [2.45, 2.75) is 105 Å². The monoisotopic (exact) mass is 764 g/mol. The van der Waals surface area contributed by atoms with Gasteiger partial charge in [-0.15, -0.1) is 0 Å². The van der Waals surface area contributed by atoms with Crippen LogP contribution in [0.25, 0.3) is 68.6 Å². The highest BCUT2D eigenvalue weighted by molar-refractivity contribution is 9.10. The summed E-state index contributed by atoms with van der Waals surface area (Å²) in [6, 6.07) is 25.0. The maximum atomic E-state index is 5.29. The van der Waals surface area contributed by atoms with Crippen LogP contribution in [-0.4, -0.2) is 19.9 Å². The predicted molar refractivity (Wildman–Crippen MR) is 232 cm³/mol. The van der Waals surface area contributed by atoms with E-state index < -0.39 is 0 Å². The van der Waals surface area contributed by atoms with E-state index in [1.54, 1.807) is 0 Å². The number of benzene rings is 2. The Morgan fingerprint density at radius 2 is 0.736 bits per heavy atom. The van der Waals surface area contributed by atoms with E-state index in [0.717, 1.165) is 71.6 Å². The van der Waals surface area contributed by atoms with Gasteiger partial charge < -0.3 is 9.97 Å². The SMILES string of the molecule is CC(C)(C)c1cc(-c2c3nc(c(Br)c4nc(c(-c5cc(C(C)(C)C)cc(C(C)(C)C)c5)c5ccc(cc6ccc2[nH]6)[nH]5)C=C4)C=C3)cc(C(C)(C)C)c1. The third-order valence-electron chi connectivity index (χ3n) is 10.4. The van der Waals surface area contributed by atoms with Crippen molar-refractivity contribution < 1.29 is 0 Å². The highest BCUT2D eigenvalue weighted by Crippen LogP contribution is 2.40. The molecule has 5 heterocycles. The molecule has 0 amide bonds. The van der Waals surface area contributed by atoms with E-state index in [0.29, 0.717) is 0 Å². The van der Waals surface area contributed by atoms with Crippen LogP contribution in [0.5, 0.6) is 0 Å². The number of H-pyrrole nitrogens is 2. The zero-order valence-corrected chi connectivity index (χ0v) is 35.0. The van der Waals surface area contributed by atoms with Gasteiger partial charge >= 0.3 is 0 Å². The van der Waals surface area contributed by atoms with E-state index >= 15 is 0 Å². The average Bonchev–Trinajstić information content (AvgIpc) is 3.88. The fraction of sp³-hybridized carbons (Fsp3) is 0.333. The van der Waals surface area contributed by atoms with Crippen LogP contribution < -0.4 is 0 Å². The molecule has 0 radical (unpaired) electrons. The fourth-order valence-electron chi connectivity index (χ4n) is 6.99. The van der Waals surface area contributed by atoms with Gasteiger partial charge in [0.25, 0.3) is 0 Å². The second kappa shape index (κ2) is 12.8. The molecule has 8 bridgehead atoms. The summed E-state index contributed by atoms with van der Waals surface area (Å²) < 4.78 is 0.867. The highest BCUT2D eigenvalue weighted by atomic mass is 79.9. The van der Waals surface area contributed by atoms with Crippen molar-refractivity contribution in [3.05, 3.63) is 116 Å². The molecule has 2 aromatic carbocycles. The lowest BCUT2D eigenvalue weighted by Crippen LogP contribution is -2.16. The van der Waals surface area contributed by atoms with Gasteiger partial charge in [-0.2, -0.15) is 0 Å². The van der Waals surface area contributed by atoms with Gasteiger partial charge in [-0.1, -0.05) is 119 Å². The van der Waals surface area contributed by atoms with Gasteiger partial charge in [0.05, 0.1) is 27.2 Å². The minimum atomic E-state index is -0.0182. The molecule has 2 aliphatic heterocycles. The summed E-state index contributed by atoms with van der Waals surface area (Å²) >= 11 is 3.95. The van der Waals surface area contributed by atoms with Gasteiger partial charge in [0.2, 0.25) is 0 Å². The molecule has 2 N–H and O–H groups in total. The van der Waals surface area contributed by atoms with Crippen molar-refractivity contribution in [1.82, 2.24) is 19.9 Å². The molecule has 3 aromatic heterocycles. The standard InChI is InChI=1S/C48H53BrN4/c1-45(2,3)30-21-28(22-31(25-30)46(4,5)6)42-36-15-13-34(50-36)27-35-14-16-37(51-35)43(29-23-32(47(7,8)9)26-33(24-29)48(10,11)12)39-18-20-41(53-39)44(49)40-19-17-38(42)52-40/h13-27,50-51H,1-12H3. The second-order valence-electron chi connectivity index (χ2n) is 18.9. The summed E-state index contributed by atoms with van der Waals surface area (Å²) in [5.74, 6) is 0. The maximum absolute atomic E-state index is 5.29. The Labute approximate surface area is 324 Å². The number of halogens is 1. The maximum Gasteiger partial charge on any atom is 0.0801 e. The van der Waals surface area contributed by atoms with Crippen molar-refractivity contribution in [1.29, 1.82) is 0 Å². The van der Waals surface area contributed by atoms with Crippen LogP contribution in [-0.2, 0) is 21.7 Å². The zero-order valence-electron chi connectivity index (χ0n) is 33.4. The van der Waals surface area contributed by atoms with Crippen LogP contribution in [0.1, 0.15) is 128 Å². The van der Waals surface area contributed by atoms with E-state index in [9.17, 15) is 0 Å². The molecule has 5 aromatic rings. The first-order valence-corrected chi connectivity index (χ1v) is 19.6. The largest absolute Gasteiger partial charge is 0.355 e. The van der Waals surface area contributed by atoms with Crippen LogP contribution in [0.15, 0.2) is 71.2 Å². The first-order valence-electron chi connectivity index (χ1n) is 18.8. The van der Waals surface area contributed by atoms with Gasteiger partial charge in [-0.3, -0.25) is 0 Å². The predicted octanol–water partition coefficient (Wildman–Crippen LogP) is 13.9. The first-order chi connectivity index (χ1) is 24.6. The van der Waals surface area contributed by atoms with Crippen molar-refractivity contribution >= 4 is 62.3 Å². The Morgan fingerprint density at radius 3 is 1.06 bits per heavy atom. The molecule has 272 valence electrons. The van der Waals surface area contributed by atoms with Crippen molar-refractivity contribution in [3.8, 4) is 22.3 Å². The molecule has 0 fully saturated rings. The molecular weight excluding hydrogens is 712 g/mol. The summed E-state index contributed by atoms with van der Waals surface area (Å²) in [6.07, 6.45) is 8.48. The molecule has 4 nitrogen and oxygen atoms in total. The van der Waals surface area contributed by atoms with Crippen LogP contribution in [0, 0.1) is 0 Å². The molecular formula is C48H53BrN4. The molecule has 0 saturated carbocycles. The Kier molecular flexibility index (Phi) is 8.92. The normalized spacial score (nSPS) is 13.6. The second-order valence-corrected chi connectivity index (χ2v) is 19.7. The minimum absolute atomic E-state index is 0.0182. The molecule has 5 heteroatoms. The van der Waals surface area contributed by atoms with Gasteiger partial charge in [-0.25, -0.2) is 9.97 Å². The Bertz CT molecular complexity index is 2260. The van der Waals surface area contributed by atoms with Crippen LogP contribution >= 0.6 is 15.9 Å². The quantitative estimate of drug-likeness (QED) is 0.184. The Morgan fingerprint density at radius 1 is 0.415 bits per heavy atom. The van der Waals surface area contributed by atoms with Crippen LogP contribution in [0.4, 0.5) is 0 Å². The number of hydrogen-bond donors (Lipinski definition) is 2. The summed E-state index contributed by atoms with van der Waals surface area (Å²) in [4.78, 5) is 18.1. The summed E-state index contributed by atoms with van der Waals surface area (Å²) in [7, 11) is 0. The van der Waals surface area contributed by atoms with Crippen molar-refractivity contribution in [2.24, 2.45) is 0 Å². The van der Waals surface area contributed by atoms with Crippen LogP contribution in [0.2, 0.25) is 0 Å². The molecule has 0 unspecified atom stereocenters. The van der Waals surface area contributed by atoms with E-state index in [2.05, 4.69) is 200 Å². The first kappa shape index (κ1) is 36.9. The zero-order chi connectivity index (χ0) is 38.2. The minimum Gasteiger partial charge on any atom is -0.355 e. The fourth-order valence-corrected chi connectivity index (χ4v) is 7.43. The number of aromatic amines is 2. The third-order valence-corrected chi connectivity index (χ3v) is 11.2. The van der Waals surface area contributed by atoms with Gasteiger partial charge in [0, 0.05) is 33.2 Å². The number of nitrogens with zero attached hydrogens (tertiary/aromatic N) is 2.